The predicted octanol–water partition coefficient (Wildman–Crippen LogP) is 1.14. The molecule has 0 heterocycles. The molecule has 0 aromatic rings. The van der Waals surface area contributed by atoms with Crippen molar-refractivity contribution in [3.63, 3.8) is 0 Å². The van der Waals surface area contributed by atoms with Gasteiger partial charge in [0.05, 0.1) is 0 Å². The van der Waals surface area contributed by atoms with Crippen LogP contribution >= 0.6 is 0 Å². The molecule has 0 unspecified atom stereocenters. The van der Waals surface area contributed by atoms with Crippen molar-refractivity contribution in [2.75, 3.05) is 6.54 Å². The lowest BCUT2D eigenvalue weighted by molar-refractivity contribution is 0.300. The van der Waals surface area contributed by atoms with E-state index in [9.17, 15) is 0 Å². The molecule has 1 heteroatoms. The first kappa shape index (κ1) is 5.10. The molecular weight excluding hydrogens is 86.1 g/mol. The highest BCUT2D eigenvalue weighted by atomic mass is 14.5. The molecule has 1 rings (SSSR count). The third kappa shape index (κ3) is 1.16. The first-order valence-electron chi connectivity index (χ1n) is 3.13. The fraction of sp³-hybridized carbons (Fsp3) is 1.00. The van der Waals surface area contributed by atoms with Crippen molar-refractivity contribution in [2.45, 2.75) is 25.7 Å². The first-order valence-corrected chi connectivity index (χ1v) is 3.13. The lowest BCUT2D eigenvalue weighted by atomic mass is 9.83. The molecule has 1 fully saturated rings. The fourth-order valence-electron chi connectivity index (χ4n) is 1.02. The van der Waals surface area contributed by atoms with Gasteiger partial charge in [-0.3, -0.25) is 0 Å². The van der Waals surface area contributed by atoms with E-state index in [0.717, 1.165) is 12.5 Å². The van der Waals surface area contributed by atoms with Gasteiger partial charge in [-0.25, -0.2) is 0 Å². The molecule has 0 bridgehead atoms. The minimum absolute atomic E-state index is 0.894. The maximum atomic E-state index is 5.34. The fourth-order valence-corrected chi connectivity index (χ4v) is 1.02. The van der Waals surface area contributed by atoms with Crippen molar-refractivity contribution < 1.29 is 0 Å². The van der Waals surface area contributed by atoms with Gasteiger partial charge in [0, 0.05) is 0 Å². The molecule has 1 aliphatic rings. The van der Waals surface area contributed by atoms with Crippen LogP contribution in [0.2, 0.25) is 0 Å². The van der Waals surface area contributed by atoms with Crippen molar-refractivity contribution >= 4 is 0 Å². The maximum absolute atomic E-state index is 5.34. The van der Waals surface area contributed by atoms with Crippen molar-refractivity contribution in [1.29, 1.82) is 0 Å². The summed E-state index contributed by atoms with van der Waals surface area (Å²) in [6.45, 7) is 0.894. The van der Waals surface area contributed by atoms with Gasteiger partial charge in [0.1, 0.15) is 0 Å². The largest absolute Gasteiger partial charge is 0.330 e. The van der Waals surface area contributed by atoms with E-state index < -0.39 is 0 Å². The Morgan fingerprint density at radius 1 is 1.43 bits per heavy atom. The van der Waals surface area contributed by atoms with E-state index >= 15 is 0 Å². The van der Waals surface area contributed by atoms with Crippen molar-refractivity contribution in [2.24, 2.45) is 11.7 Å². The van der Waals surface area contributed by atoms with Crippen LogP contribution in [-0.2, 0) is 0 Å². The standard InChI is InChI=1S/C6H13N/c7-5-4-6-2-1-3-6/h6H,1-5,7H2. The smallest absolute Gasteiger partial charge is 0.00746 e. The van der Waals surface area contributed by atoms with Gasteiger partial charge in [-0.2, -0.15) is 0 Å². The molecule has 0 saturated heterocycles. The Morgan fingerprint density at radius 3 is 2.29 bits per heavy atom. The molecule has 1 nitrogen and oxygen atoms in total. The Kier molecular flexibility index (Phi) is 1.69. The SMILES string of the molecule is NCCC1CCC1. The maximum Gasteiger partial charge on any atom is -0.00746 e. The van der Waals surface area contributed by atoms with E-state index in [1.807, 2.05) is 0 Å². The highest BCUT2D eigenvalue weighted by Crippen LogP contribution is 2.28. The summed E-state index contributed by atoms with van der Waals surface area (Å²) in [5.74, 6) is 1.00. The Labute approximate surface area is 44.9 Å². The summed E-state index contributed by atoms with van der Waals surface area (Å²) < 4.78 is 0. The molecule has 42 valence electrons. The van der Waals surface area contributed by atoms with E-state index in [-0.39, 0.29) is 0 Å². The van der Waals surface area contributed by atoms with Crippen molar-refractivity contribution in [3.8, 4) is 0 Å². The van der Waals surface area contributed by atoms with E-state index in [1.165, 1.54) is 25.7 Å². The second-order valence-electron chi connectivity index (χ2n) is 2.37. The molecule has 1 saturated carbocycles. The molecule has 0 atom stereocenters. The Bertz CT molecular complexity index is 48.1. The minimum Gasteiger partial charge on any atom is -0.330 e. The first-order chi connectivity index (χ1) is 3.43. The third-order valence-corrected chi connectivity index (χ3v) is 1.80. The summed E-state index contributed by atoms with van der Waals surface area (Å²) in [6.07, 6.45) is 5.60. The molecule has 0 radical (unpaired) electrons. The van der Waals surface area contributed by atoms with Gasteiger partial charge in [-0.1, -0.05) is 19.3 Å². The number of hydrogen-bond acceptors (Lipinski definition) is 1. The summed E-state index contributed by atoms with van der Waals surface area (Å²) in [5, 5.41) is 0. The van der Waals surface area contributed by atoms with E-state index in [2.05, 4.69) is 0 Å². The molecule has 2 N–H and O–H groups in total. The van der Waals surface area contributed by atoms with E-state index in [4.69, 9.17) is 5.73 Å². The second kappa shape index (κ2) is 2.31. The predicted molar refractivity (Wildman–Crippen MR) is 31.0 cm³/mol. The van der Waals surface area contributed by atoms with Gasteiger partial charge in [-0.05, 0) is 18.9 Å². The lowest BCUT2D eigenvalue weighted by Gasteiger charge is -2.23. The van der Waals surface area contributed by atoms with Crippen LogP contribution in [0.1, 0.15) is 25.7 Å². The van der Waals surface area contributed by atoms with Gasteiger partial charge < -0.3 is 5.73 Å². The normalized spacial score (nSPS) is 21.9. The molecule has 0 aromatic heterocycles. The highest BCUT2D eigenvalue weighted by molar-refractivity contribution is 4.68. The third-order valence-electron chi connectivity index (χ3n) is 1.80. The minimum atomic E-state index is 0.894. The summed E-state index contributed by atoms with van der Waals surface area (Å²) >= 11 is 0. The van der Waals surface area contributed by atoms with Crippen LogP contribution in [0.3, 0.4) is 0 Å². The number of rotatable bonds is 2. The van der Waals surface area contributed by atoms with Crippen molar-refractivity contribution in [1.82, 2.24) is 0 Å². The van der Waals surface area contributed by atoms with Crippen LogP contribution < -0.4 is 5.73 Å². The van der Waals surface area contributed by atoms with Crippen LogP contribution in [0, 0.1) is 5.92 Å². The summed E-state index contributed by atoms with van der Waals surface area (Å²) in [7, 11) is 0. The van der Waals surface area contributed by atoms with Crippen LogP contribution in [-0.4, -0.2) is 6.54 Å². The number of hydrogen-bond donors (Lipinski definition) is 1. The quantitative estimate of drug-likeness (QED) is 0.552. The Hall–Kier alpha value is -0.0400. The molecule has 7 heavy (non-hydrogen) atoms. The molecule has 1 aliphatic carbocycles. The van der Waals surface area contributed by atoms with Gasteiger partial charge in [0.25, 0.3) is 0 Å². The average molecular weight is 99.2 g/mol. The molecule has 0 amide bonds. The molecular formula is C6H13N. The Balaban J connectivity index is 1.93. The van der Waals surface area contributed by atoms with Gasteiger partial charge in [-0.15, -0.1) is 0 Å². The zero-order valence-electron chi connectivity index (χ0n) is 4.69. The number of nitrogens with two attached hydrogens (primary N) is 1. The van der Waals surface area contributed by atoms with Crippen LogP contribution in [0.25, 0.3) is 0 Å². The summed E-state index contributed by atoms with van der Waals surface area (Å²) in [4.78, 5) is 0. The lowest BCUT2D eigenvalue weighted by Crippen LogP contribution is -2.15. The Morgan fingerprint density at radius 2 is 2.14 bits per heavy atom. The molecule has 0 aliphatic heterocycles. The summed E-state index contributed by atoms with van der Waals surface area (Å²) in [5.41, 5.74) is 5.34. The highest BCUT2D eigenvalue weighted by Gasteiger charge is 2.15. The monoisotopic (exact) mass is 99.1 g/mol. The topological polar surface area (TPSA) is 26.0 Å². The second-order valence-corrected chi connectivity index (χ2v) is 2.37. The van der Waals surface area contributed by atoms with E-state index in [1.54, 1.807) is 0 Å². The average Bonchev–Trinajstić information content (AvgIpc) is 1.55. The molecule has 0 aromatic carbocycles. The molecule has 0 spiro atoms. The zero-order chi connectivity index (χ0) is 5.11. The van der Waals surface area contributed by atoms with E-state index in [0.29, 0.717) is 0 Å². The van der Waals surface area contributed by atoms with Gasteiger partial charge in [0.15, 0.2) is 0 Å². The van der Waals surface area contributed by atoms with Crippen LogP contribution in [0.15, 0.2) is 0 Å². The van der Waals surface area contributed by atoms with Gasteiger partial charge >= 0.3 is 0 Å². The van der Waals surface area contributed by atoms with Crippen molar-refractivity contribution in [3.05, 3.63) is 0 Å². The van der Waals surface area contributed by atoms with Crippen LogP contribution in [0.5, 0.6) is 0 Å². The van der Waals surface area contributed by atoms with Crippen LogP contribution in [0.4, 0.5) is 0 Å². The zero-order valence-corrected chi connectivity index (χ0v) is 4.69. The van der Waals surface area contributed by atoms with Gasteiger partial charge in [0.2, 0.25) is 0 Å². The summed E-state index contributed by atoms with van der Waals surface area (Å²) in [6, 6.07) is 0.